The lowest BCUT2D eigenvalue weighted by atomic mass is 10.2. The standard InChI is InChI=1S/C12H17N3O4S2/c1-2-3-9-15(8(6-20-9)10(16)17)11(18)13-4-7-5-21-12(19)14-7/h5,8-9H,2-4,6H2,1H3,(H,13,18)(H,14,19)(H,16,17). The van der Waals surface area contributed by atoms with Gasteiger partial charge in [0.2, 0.25) is 0 Å². The number of hydrogen-bond donors (Lipinski definition) is 3. The number of amides is 2. The van der Waals surface area contributed by atoms with Gasteiger partial charge in [-0.3, -0.25) is 9.69 Å². The Morgan fingerprint density at radius 3 is 2.90 bits per heavy atom. The maximum absolute atomic E-state index is 12.3. The Labute approximate surface area is 129 Å². The van der Waals surface area contributed by atoms with E-state index in [0.717, 1.165) is 24.2 Å². The maximum Gasteiger partial charge on any atom is 0.327 e. The number of aliphatic carboxylic acids is 1. The monoisotopic (exact) mass is 331 g/mol. The number of rotatable bonds is 5. The first-order chi connectivity index (χ1) is 10.0. The van der Waals surface area contributed by atoms with Gasteiger partial charge in [0.15, 0.2) is 0 Å². The molecule has 3 N–H and O–H groups in total. The first-order valence-electron chi connectivity index (χ1n) is 6.60. The molecule has 0 spiro atoms. The van der Waals surface area contributed by atoms with Crippen LogP contribution in [0.4, 0.5) is 4.79 Å². The van der Waals surface area contributed by atoms with Gasteiger partial charge in [0.25, 0.3) is 0 Å². The number of aromatic nitrogens is 1. The normalized spacial score (nSPS) is 21.5. The molecular formula is C12H17N3O4S2. The van der Waals surface area contributed by atoms with Gasteiger partial charge in [0, 0.05) is 16.8 Å². The number of aromatic amines is 1. The van der Waals surface area contributed by atoms with Gasteiger partial charge in [-0.2, -0.15) is 0 Å². The molecule has 0 saturated carbocycles. The van der Waals surface area contributed by atoms with Crippen molar-refractivity contribution in [3.8, 4) is 0 Å². The summed E-state index contributed by atoms with van der Waals surface area (Å²) in [6.45, 7) is 2.19. The average molecular weight is 331 g/mol. The third-order valence-corrected chi connectivity index (χ3v) is 5.22. The molecule has 116 valence electrons. The molecule has 2 atom stereocenters. The van der Waals surface area contributed by atoms with Crippen LogP contribution in [0.1, 0.15) is 25.5 Å². The molecule has 2 amide bonds. The van der Waals surface area contributed by atoms with Gasteiger partial charge >= 0.3 is 16.9 Å². The minimum atomic E-state index is -0.986. The molecule has 2 rings (SSSR count). The van der Waals surface area contributed by atoms with Crippen LogP contribution in [-0.4, -0.2) is 44.2 Å². The van der Waals surface area contributed by atoms with Crippen molar-refractivity contribution in [2.75, 3.05) is 5.75 Å². The molecule has 0 aliphatic carbocycles. The first-order valence-corrected chi connectivity index (χ1v) is 8.53. The molecule has 0 aromatic carbocycles. The minimum Gasteiger partial charge on any atom is -0.480 e. The van der Waals surface area contributed by atoms with Crippen molar-refractivity contribution >= 4 is 35.1 Å². The first kappa shape index (κ1) is 15.9. The number of carbonyl (C=O) groups excluding carboxylic acids is 1. The van der Waals surface area contributed by atoms with Crippen molar-refractivity contribution in [1.82, 2.24) is 15.2 Å². The molecule has 1 aromatic rings. The third kappa shape index (κ3) is 3.79. The fraction of sp³-hybridized carbons (Fsp3) is 0.583. The number of nitrogens with one attached hydrogen (secondary N) is 2. The molecule has 9 heteroatoms. The van der Waals surface area contributed by atoms with E-state index in [1.54, 1.807) is 5.38 Å². The highest BCUT2D eigenvalue weighted by Gasteiger charge is 2.41. The van der Waals surface area contributed by atoms with Gasteiger partial charge in [0.05, 0.1) is 11.9 Å². The van der Waals surface area contributed by atoms with Gasteiger partial charge in [-0.25, -0.2) is 9.59 Å². The predicted molar refractivity (Wildman–Crippen MR) is 81.6 cm³/mol. The highest BCUT2D eigenvalue weighted by atomic mass is 32.2. The lowest BCUT2D eigenvalue weighted by Crippen LogP contribution is -2.50. The van der Waals surface area contributed by atoms with E-state index in [4.69, 9.17) is 0 Å². The Morgan fingerprint density at radius 1 is 1.57 bits per heavy atom. The van der Waals surface area contributed by atoms with Gasteiger partial charge in [-0.1, -0.05) is 24.7 Å². The largest absolute Gasteiger partial charge is 0.480 e. The summed E-state index contributed by atoms with van der Waals surface area (Å²) in [4.78, 5) is 38.4. The van der Waals surface area contributed by atoms with E-state index in [0.29, 0.717) is 11.4 Å². The Morgan fingerprint density at radius 2 is 2.33 bits per heavy atom. The molecule has 1 aliphatic heterocycles. The molecule has 2 unspecified atom stereocenters. The Bertz CT molecular complexity index is 571. The number of carboxylic acids is 1. The summed E-state index contributed by atoms with van der Waals surface area (Å²) < 4.78 is 0. The zero-order chi connectivity index (χ0) is 15.4. The second-order valence-electron chi connectivity index (χ2n) is 4.67. The van der Waals surface area contributed by atoms with Crippen LogP contribution in [0.2, 0.25) is 0 Å². The van der Waals surface area contributed by atoms with E-state index < -0.39 is 18.0 Å². The van der Waals surface area contributed by atoms with E-state index in [9.17, 15) is 19.5 Å². The van der Waals surface area contributed by atoms with Crippen LogP contribution in [0.5, 0.6) is 0 Å². The number of thioether (sulfide) groups is 1. The number of nitrogens with zero attached hydrogens (tertiary/aromatic N) is 1. The molecule has 1 aliphatic rings. The van der Waals surface area contributed by atoms with Crippen molar-refractivity contribution in [3.63, 3.8) is 0 Å². The maximum atomic E-state index is 12.3. The summed E-state index contributed by atoms with van der Waals surface area (Å²) in [6.07, 6.45) is 1.64. The Kier molecular flexibility index (Phi) is 5.29. The van der Waals surface area contributed by atoms with E-state index >= 15 is 0 Å². The number of carbonyl (C=O) groups is 2. The van der Waals surface area contributed by atoms with Crippen molar-refractivity contribution < 1.29 is 14.7 Å². The summed E-state index contributed by atoms with van der Waals surface area (Å²) in [5.41, 5.74) is 0.615. The van der Waals surface area contributed by atoms with E-state index in [-0.39, 0.29) is 16.8 Å². The number of H-pyrrole nitrogens is 1. The second kappa shape index (κ2) is 6.99. The molecule has 2 heterocycles. The number of thiazole rings is 1. The number of hydrogen-bond acceptors (Lipinski definition) is 5. The van der Waals surface area contributed by atoms with Crippen molar-refractivity contribution in [3.05, 3.63) is 20.7 Å². The van der Waals surface area contributed by atoms with Crippen molar-refractivity contribution in [2.45, 2.75) is 37.7 Å². The van der Waals surface area contributed by atoms with Gasteiger partial charge in [-0.05, 0) is 6.42 Å². The average Bonchev–Trinajstić information content (AvgIpc) is 3.03. The second-order valence-corrected chi connectivity index (χ2v) is 6.72. The quantitative estimate of drug-likeness (QED) is 0.754. The summed E-state index contributed by atoms with van der Waals surface area (Å²) in [5.74, 6) is -0.580. The zero-order valence-electron chi connectivity index (χ0n) is 11.5. The molecule has 0 bridgehead atoms. The molecular weight excluding hydrogens is 314 g/mol. The molecule has 1 aromatic heterocycles. The minimum absolute atomic E-state index is 0.113. The van der Waals surface area contributed by atoms with Crippen molar-refractivity contribution in [2.24, 2.45) is 0 Å². The lowest BCUT2D eigenvalue weighted by Gasteiger charge is -2.27. The molecule has 1 saturated heterocycles. The highest BCUT2D eigenvalue weighted by Crippen LogP contribution is 2.32. The van der Waals surface area contributed by atoms with Gasteiger partial charge in [-0.15, -0.1) is 11.8 Å². The lowest BCUT2D eigenvalue weighted by molar-refractivity contribution is -0.141. The van der Waals surface area contributed by atoms with Crippen LogP contribution in [0.25, 0.3) is 0 Å². The molecule has 1 fully saturated rings. The van der Waals surface area contributed by atoms with Crippen LogP contribution in [0, 0.1) is 0 Å². The number of urea groups is 1. The SMILES string of the molecule is CCCC1SCC(C(=O)O)N1C(=O)NCc1csc(=O)[nH]1. The van der Waals surface area contributed by atoms with Crippen LogP contribution in [0.15, 0.2) is 10.2 Å². The van der Waals surface area contributed by atoms with Gasteiger partial charge in [0.1, 0.15) is 6.04 Å². The Hall–Kier alpha value is -1.48. The molecule has 7 nitrogen and oxygen atoms in total. The smallest absolute Gasteiger partial charge is 0.327 e. The zero-order valence-corrected chi connectivity index (χ0v) is 13.1. The summed E-state index contributed by atoms with van der Waals surface area (Å²) in [7, 11) is 0. The van der Waals surface area contributed by atoms with Crippen molar-refractivity contribution in [1.29, 1.82) is 0 Å². The fourth-order valence-corrected chi connectivity index (χ4v) is 4.25. The van der Waals surface area contributed by atoms with E-state index in [1.165, 1.54) is 16.7 Å². The summed E-state index contributed by atoms with van der Waals surface area (Å²) in [6, 6.07) is -1.20. The van der Waals surface area contributed by atoms with Crippen LogP contribution in [0.3, 0.4) is 0 Å². The Balaban J connectivity index is 2.02. The fourth-order valence-electron chi connectivity index (χ4n) is 2.16. The van der Waals surface area contributed by atoms with Gasteiger partial charge < -0.3 is 15.4 Å². The summed E-state index contributed by atoms with van der Waals surface area (Å²) >= 11 is 2.52. The molecule has 0 radical (unpaired) electrons. The predicted octanol–water partition coefficient (Wildman–Crippen LogP) is 1.27. The highest BCUT2D eigenvalue weighted by molar-refractivity contribution is 8.00. The summed E-state index contributed by atoms with van der Waals surface area (Å²) in [5, 5.41) is 13.4. The topological polar surface area (TPSA) is 102 Å². The van der Waals surface area contributed by atoms with Crippen LogP contribution >= 0.6 is 23.1 Å². The van der Waals surface area contributed by atoms with Crippen LogP contribution < -0.4 is 10.2 Å². The third-order valence-electron chi connectivity index (χ3n) is 3.15. The molecule has 21 heavy (non-hydrogen) atoms. The van der Waals surface area contributed by atoms with Crippen LogP contribution in [-0.2, 0) is 11.3 Å². The van der Waals surface area contributed by atoms with E-state index in [2.05, 4.69) is 10.3 Å². The number of carboxylic acid groups (broad SMARTS) is 1. The van der Waals surface area contributed by atoms with E-state index in [1.807, 2.05) is 6.92 Å².